The van der Waals surface area contributed by atoms with Crippen LogP contribution in [0.25, 0.3) is 10.9 Å². The molecule has 0 saturated carbocycles. The predicted molar refractivity (Wildman–Crippen MR) is 87.8 cm³/mol. The van der Waals surface area contributed by atoms with Crippen LogP contribution in [0.3, 0.4) is 0 Å². The number of hydrogen-bond acceptors (Lipinski definition) is 5. The summed E-state index contributed by atoms with van der Waals surface area (Å²) in [7, 11) is 7.26. The van der Waals surface area contributed by atoms with Crippen molar-refractivity contribution < 1.29 is 9.47 Å². The quantitative estimate of drug-likeness (QED) is 0.849. The topological polar surface area (TPSA) is 58.4 Å². The van der Waals surface area contributed by atoms with Crippen molar-refractivity contribution in [3.05, 3.63) is 23.4 Å². The lowest BCUT2D eigenvalue weighted by atomic mass is 10.0. The van der Waals surface area contributed by atoms with Crippen molar-refractivity contribution in [2.24, 2.45) is 0 Å². The van der Waals surface area contributed by atoms with Crippen LogP contribution in [0.15, 0.2) is 12.1 Å². The van der Waals surface area contributed by atoms with Gasteiger partial charge in [0, 0.05) is 26.2 Å². The van der Waals surface area contributed by atoms with Crippen LogP contribution < -0.4 is 14.4 Å². The molecular weight excluding hydrogens is 278 g/mol. The minimum atomic E-state index is 0.459. The van der Waals surface area contributed by atoms with Gasteiger partial charge in [-0.2, -0.15) is 5.26 Å². The summed E-state index contributed by atoms with van der Waals surface area (Å²) in [5, 5.41) is 9.84. The van der Waals surface area contributed by atoms with E-state index >= 15 is 0 Å². The molecule has 0 atom stereocenters. The summed E-state index contributed by atoms with van der Waals surface area (Å²) in [6.45, 7) is 1.97. The molecule has 0 aliphatic rings. The molecule has 2 rings (SSSR count). The average Bonchev–Trinajstić information content (AvgIpc) is 2.51. The first-order valence-electron chi connectivity index (χ1n) is 7.13. The zero-order chi connectivity index (χ0) is 16.3. The van der Waals surface area contributed by atoms with Crippen LogP contribution in [-0.4, -0.2) is 33.3 Å². The molecule has 0 aliphatic heterocycles. The fourth-order valence-electron chi connectivity index (χ4n) is 2.76. The van der Waals surface area contributed by atoms with Gasteiger partial charge in [0.25, 0.3) is 0 Å². The Morgan fingerprint density at radius 3 is 2.36 bits per heavy atom. The van der Waals surface area contributed by atoms with Gasteiger partial charge in [-0.3, -0.25) is 0 Å². The van der Waals surface area contributed by atoms with E-state index in [1.165, 1.54) is 0 Å². The van der Waals surface area contributed by atoms with Gasteiger partial charge in [-0.15, -0.1) is 0 Å². The van der Waals surface area contributed by atoms with Crippen molar-refractivity contribution in [3.8, 4) is 17.6 Å². The molecular formula is C17H21N3O2. The zero-order valence-corrected chi connectivity index (χ0v) is 13.7. The second-order valence-electron chi connectivity index (χ2n) is 5.27. The van der Waals surface area contributed by atoms with E-state index in [9.17, 15) is 0 Å². The molecule has 0 aliphatic carbocycles. The van der Waals surface area contributed by atoms with Gasteiger partial charge in [-0.25, -0.2) is 4.98 Å². The van der Waals surface area contributed by atoms with E-state index in [2.05, 4.69) is 6.07 Å². The van der Waals surface area contributed by atoms with Crippen LogP contribution in [0.4, 0.5) is 5.69 Å². The summed E-state index contributed by atoms with van der Waals surface area (Å²) in [5.74, 6) is 1.47. The highest BCUT2D eigenvalue weighted by atomic mass is 16.5. The number of benzene rings is 1. The molecule has 5 heteroatoms. The minimum absolute atomic E-state index is 0.459. The van der Waals surface area contributed by atoms with E-state index in [0.29, 0.717) is 18.6 Å². The van der Waals surface area contributed by atoms with Gasteiger partial charge in [0.2, 0.25) is 0 Å². The van der Waals surface area contributed by atoms with Crippen LogP contribution >= 0.6 is 0 Å². The molecule has 0 radical (unpaired) electrons. The average molecular weight is 299 g/mol. The van der Waals surface area contributed by atoms with Gasteiger partial charge in [0.05, 0.1) is 31.4 Å². The molecule has 0 unspecified atom stereocenters. The van der Waals surface area contributed by atoms with Gasteiger partial charge >= 0.3 is 0 Å². The van der Waals surface area contributed by atoms with Crippen LogP contribution in [0, 0.1) is 18.3 Å². The Morgan fingerprint density at radius 2 is 1.82 bits per heavy atom. The summed E-state index contributed by atoms with van der Waals surface area (Å²) < 4.78 is 11.0. The largest absolute Gasteiger partial charge is 0.496 e. The van der Waals surface area contributed by atoms with Crippen molar-refractivity contribution in [3.63, 3.8) is 0 Å². The van der Waals surface area contributed by atoms with E-state index in [-0.39, 0.29) is 0 Å². The number of aromatic nitrogens is 1. The maximum absolute atomic E-state index is 8.92. The van der Waals surface area contributed by atoms with Crippen molar-refractivity contribution >= 4 is 16.6 Å². The number of ether oxygens (including phenoxy) is 2. The lowest BCUT2D eigenvalue weighted by molar-refractivity contribution is 0.409. The van der Waals surface area contributed by atoms with E-state index in [1.807, 2.05) is 38.1 Å². The van der Waals surface area contributed by atoms with Crippen molar-refractivity contribution in [2.45, 2.75) is 19.8 Å². The highest BCUT2D eigenvalue weighted by molar-refractivity contribution is 6.01. The van der Waals surface area contributed by atoms with E-state index in [0.717, 1.165) is 33.6 Å². The molecule has 1 aromatic carbocycles. The molecule has 116 valence electrons. The number of nitrogens with zero attached hydrogens (tertiary/aromatic N) is 3. The Balaban J connectivity index is 2.90. The summed E-state index contributed by atoms with van der Waals surface area (Å²) >= 11 is 0. The predicted octanol–water partition coefficient (Wildman–Crippen LogP) is 3.08. The Labute approximate surface area is 131 Å². The number of aryl methyl sites for hydroxylation is 1. The highest BCUT2D eigenvalue weighted by Gasteiger charge is 2.20. The second kappa shape index (κ2) is 6.52. The van der Waals surface area contributed by atoms with E-state index in [4.69, 9.17) is 19.7 Å². The number of pyridine rings is 1. The van der Waals surface area contributed by atoms with E-state index in [1.54, 1.807) is 14.2 Å². The maximum Gasteiger partial charge on any atom is 0.145 e. The number of anilines is 1. The first-order valence-corrected chi connectivity index (χ1v) is 7.13. The normalized spacial score (nSPS) is 10.4. The van der Waals surface area contributed by atoms with Crippen LogP contribution in [0.5, 0.6) is 11.5 Å². The van der Waals surface area contributed by atoms with E-state index < -0.39 is 0 Å². The Hall–Kier alpha value is -2.48. The summed E-state index contributed by atoms with van der Waals surface area (Å²) in [4.78, 5) is 6.76. The first-order chi connectivity index (χ1) is 10.5. The lowest BCUT2D eigenvalue weighted by Gasteiger charge is -2.23. The number of hydrogen-bond donors (Lipinski definition) is 0. The van der Waals surface area contributed by atoms with Gasteiger partial charge in [-0.1, -0.05) is 0 Å². The number of fused-ring (bicyclic) bond motifs is 1. The third-order valence-corrected chi connectivity index (χ3v) is 3.72. The molecule has 0 spiro atoms. The molecule has 0 bridgehead atoms. The first kappa shape index (κ1) is 15.9. The molecule has 0 fully saturated rings. The molecule has 0 amide bonds. The second-order valence-corrected chi connectivity index (χ2v) is 5.27. The third-order valence-electron chi connectivity index (χ3n) is 3.72. The fraction of sp³-hybridized carbons (Fsp3) is 0.412. The van der Waals surface area contributed by atoms with Gasteiger partial charge in [-0.05, 0) is 31.0 Å². The van der Waals surface area contributed by atoms with Crippen molar-refractivity contribution in [2.75, 3.05) is 33.2 Å². The number of rotatable bonds is 5. The summed E-state index contributed by atoms with van der Waals surface area (Å²) in [5.41, 5.74) is 3.81. The smallest absolute Gasteiger partial charge is 0.145 e. The monoisotopic (exact) mass is 299 g/mol. The molecule has 1 aromatic heterocycles. The zero-order valence-electron chi connectivity index (χ0n) is 13.7. The fourth-order valence-corrected chi connectivity index (χ4v) is 2.76. The summed E-state index contributed by atoms with van der Waals surface area (Å²) in [6.07, 6.45) is 1.13. The Morgan fingerprint density at radius 1 is 1.18 bits per heavy atom. The molecule has 0 N–H and O–H groups in total. The molecule has 1 heterocycles. The lowest BCUT2D eigenvalue weighted by Crippen LogP contribution is -2.14. The van der Waals surface area contributed by atoms with Gasteiger partial charge < -0.3 is 14.4 Å². The van der Waals surface area contributed by atoms with Crippen molar-refractivity contribution in [1.29, 1.82) is 5.26 Å². The molecule has 2 aromatic rings. The Kier molecular flexibility index (Phi) is 4.71. The Bertz CT molecular complexity index is 733. The molecule has 5 nitrogen and oxygen atoms in total. The SMILES string of the molecule is COc1ccc(OC)c2c(N(C)C)c(CCC#N)c(C)nc12. The maximum atomic E-state index is 8.92. The van der Waals surface area contributed by atoms with Crippen LogP contribution in [-0.2, 0) is 6.42 Å². The van der Waals surface area contributed by atoms with Gasteiger partial charge in [0.15, 0.2) is 0 Å². The highest BCUT2D eigenvalue weighted by Crippen LogP contribution is 2.41. The van der Waals surface area contributed by atoms with Gasteiger partial charge in [0.1, 0.15) is 17.0 Å². The standard InChI is InChI=1S/C17H21N3O2/c1-11-12(7-6-10-18)17(20(2)3)15-13(21-4)8-9-14(22-5)16(15)19-11/h8-9H,6-7H2,1-5H3. The third kappa shape index (κ3) is 2.64. The number of methoxy groups -OCH3 is 2. The molecule has 0 saturated heterocycles. The van der Waals surface area contributed by atoms with Crippen molar-refractivity contribution in [1.82, 2.24) is 4.98 Å². The van der Waals surface area contributed by atoms with Crippen LogP contribution in [0.1, 0.15) is 17.7 Å². The molecule has 22 heavy (non-hydrogen) atoms. The minimum Gasteiger partial charge on any atom is -0.496 e. The number of nitriles is 1. The van der Waals surface area contributed by atoms with Crippen LogP contribution in [0.2, 0.25) is 0 Å². The summed E-state index contributed by atoms with van der Waals surface area (Å²) in [6, 6.07) is 5.96.